The lowest BCUT2D eigenvalue weighted by Crippen LogP contribution is -2.67. The van der Waals surface area contributed by atoms with E-state index < -0.39 is 8.40 Å². The molecular formula is C11H20N2Si. The van der Waals surface area contributed by atoms with Crippen molar-refractivity contribution in [1.29, 1.82) is 0 Å². The highest BCUT2D eigenvalue weighted by Gasteiger charge is 2.31. The Balaban J connectivity index is 2.99. The van der Waals surface area contributed by atoms with Gasteiger partial charge in [-0.25, -0.2) is 0 Å². The Hall–Kier alpha value is -0.643. The van der Waals surface area contributed by atoms with E-state index in [1.807, 2.05) is 0 Å². The summed E-state index contributed by atoms with van der Waals surface area (Å²) >= 11 is 0. The topological polar surface area (TPSA) is 15.3 Å². The smallest absolute Gasteiger partial charge is 0.233 e. The third-order valence-corrected chi connectivity index (χ3v) is 7.04. The Labute approximate surface area is 88.1 Å². The molecule has 0 amide bonds. The molecule has 0 bridgehead atoms. The van der Waals surface area contributed by atoms with Crippen molar-refractivity contribution in [2.45, 2.75) is 13.5 Å². The summed E-state index contributed by atoms with van der Waals surface area (Å²) in [6.07, 6.45) is 0. The van der Waals surface area contributed by atoms with Crippen molar-refractivity contribution in [3.05, 3.63) is 30.3 Å². The quantitative estimate of drug-likeness (QED) is 0.747. The molecule has 0 heterocycles. The van der Waals surface area contributed by atoms with Crippen LogP contribution in [-0.4, -0.2) is 33.6 Å². The van der Waals surface area contributed by atoms with Gasteiger partial charge in [0.2, 0.25) is 8.40 Å². The molecule has 0 fully saturated rings. The summed E-state index contributed by atoms with van der Waals surface area (Å²) < 4.78 is 2.34. The second kappa shape index (κ2) is 4.73. The van der Waals surface area contributed by atoms with Gasteiger partial charge >= 0.3 is 0 Å². The molecule has 1 rings (SSSR count). The summed E-state index contributed by atoms with van der Waals surface area (Å²) in [7, 11) is 2.69. The lowest BCUT2D eigenvalue weighted by molar-refractivity contribution is 0.604. The molecular weight excluding hydrogens is 188 g/mol. The molecule has 2 nitrogen and oxygen atoms in total. The van der Waals surface area contributed by atoms with Crippen LogP contribution in [-0.2, 0) is 0 Å². The van der Waals surface area contributed by atoms with Crippen molar-refractivity contribution in [1.82, 2.24) is 9.55 Å². The molecule has 14 heavy (non-hydrogen) atoms. The first-order valence-electron chi connectivity index (χ1n) is 5.09. The van der Waals surface area contributed by atoms with Gasteiger partial charge in [-0.15, -0.1) is 0 Å². The molecule has 1 aromatic rings. The van der Waals surface area contributed by atoms with Crippen LogP contribution in [0, 0.1) is 0 Å². The lowest BCUT2D eigenvalue weighted by Gasteiger charge is -2.34. The van der Waals surface area contributed by atoms with Crippen LogP contribution >= 0.6 is 0 Å². The second-order valence-corrected chi connectivity index (χ2v) is 7.83. The molecule has 0 aliphatic carbocycles. The van der Waals surface area contributed by atoms with Gasteiger partial charge in [-0.2, -0.15) is 0 Å². The number of hydrogen-bond donors (Lipinski definition) is 1. The Morgan fingerprint density at radius 1 is 1.21 bits per heavy atom. The van der Waals surface area contributed by atoms with Gasteiger partial charge in [0, 0.05) is 0 Å². The Kier molecular flexibility index (Phi) is 3.86. The molecule has 0 spiro atoms. The van der Waals surface area contributed by atoms with Gasteiger partial charge in [-0.3, -0.25) is 0 Å². The molecule has 3 heteroatoms. The van der Waals surface area contributed by atoms with Crippen LogP contribution in [0.4, 0.5) is 0 Å². The SMILES string of the molecule is CCN[Si](C)(c1ccccc1)N(C)C. The number of nitrogens with one attached hydrogen (secondary N) is 1. The van der Waals surface area contributed by atoms with Crippen LogP contribution in [0.3, 0.4) is 0 Å². The molecule has 0 aromatic heterocycles. The van der Waals surface area contributed by atoms with Gasteiger partial charge in [0.25, 0.3) is 0 Å². The molecule has 1 aromatic carbocycles. The van der Waals surface area contributed by atoms with Crippen molar-refractivity contribution in [2.24, 2.45) is 0 Å². The molecule has 0 aliphatic heterocycles. The summed E-state index contributed by atoms with van der Waals surface area (Å²) in [5.74, 6) is 0. The fourth-order valence-electron chi connectivity index (χ4n) is 1.63. The normalized spacial score (nSPS) is 15.5. The average Bonchev–Trinajstić information content (AvgIpc) is 2.19. The fourth-order valence-corrected chi connectivity index (χ4v) is 4.19. The van der Waals surface area contributed by atoms with Crippen molar-refractivity contribution in [3.63, 3.8) is 0 Å². The summed E-state index contributed by atoms with van der Waals surface area (Å²) in [6, 6.07) is 10.7. The monoisotopic (exact) mass is 208 g/mol. The summed E-state index contributed by atoms with van der Waals surface area (Å²) in [6.45, 7) is 5.53. The van der Waals surface area contributed by atoms with Crippen LogP contribution < -0.4 is 10.2 Å². The summed E-state index contributed by atoms with van der Waals surface area (Å²) in [5.41, 5.74) is 0. The molecule has 0 saturated carbocycles. The largest absolute Gasteiger partial charge is 0.322 e. The van der Waals surface area contributed by atoms with Gasteiger partial charge in [-0.05, 0) is 32.4 Å². The first-order valence-corrected chi connectivity index (χ1v) is 7.54. The van der Waals surface area contributed by atoms with Gasteiger partial charge < -0.3 is 9.55 Å². The maximum Gasteiger partial charge on any atom is 0.233 e. The van der Waals surface area contributed by atoms with E-state index in [2.05, 4.69) is 67.4 Å². The van der Waals surface area contributed by atoms with Crippen LogP contribution in [0.1, 0.15) is 6.92 Å². The predicted octanol–water partition coefficient (Wildman–Crippen LogP) is 1.14. The molecule has 0 aliphatic rings. The Bertz CT molecular complexity index is 274. The van der Waals surface area contributed by atoms with Crippen molar-refractivity contribution >= 4 is 13.6 Å². The van der Waals surface area contributed by atoms with Crippen molar-refractivity contribution < 1.29 is 0 Å². The van der Waals surface area contributed by atoms with E-state index in [1.165, 1.54) is 5.19 Å². The molecule has 1 unspecified atom stereocenters. The maximum atomic E-state index is 3.64. The number of rotatable bonds is 4. The van der Waals surface area contributed by atoms with Gasteiger partial charge in [0.05, 0.1) is 0 Å². The summed E-state index contributed by atoms with van der Waals surface area (Å²) in [4.78, 5) is 3.64. The molecule has 1 atom stereocenters. The minimum Gasteiger partial charge on any atom is -0.322 e. The van der Waals surface area contributed by atoms with E-state index >= 15 is 0 Å². The van der Waals surface area contributed by atoms with E-state index in [0.29, 0.717) is 0 Å². The van der Waals surface area contributed by atoms with Crippen molar-refractivity contribution in [2.75, 3.05) is 20.6 Å². The third-order valence-electron chi connectivity index (χ3n) is 2.75. The van der Waals surface area contributed by atoms with Crippen molar-refractivity contribution in [3.8, 4) is 0 Å². The highest BCUT2D eigenvalue weighted by atomic mass is 28.3. The summed E-state index contributed by atoms with van der Waals surface area (Å²) in [5, 5.41) is 1.44. The maximum absolute atomic E-state index is 3.64. The Morgan fingerprint density at radius 2 is 1.79 bits per heavy atom. The minimum atomic E-state index is -1.62. The first-order chi connectivity index (χ1) is 6.61. The van der Waals surface area contributed by atoms with E-state index in [1.54, 1.807) is 0 Å². The van der Waals surface area contributed by atoms with E-state index in [-0.39, 0.29) is 0 Å². The van der Waals surface area contributed by atoms with E-state index in [0.717, 1.165) is 6.54 Å². The molecule has 0 radical (unpaired) electrons. The second-order valence-electron chi connectivity index (χ2n) is 3.86. The number of benzene rings is 1. The van der Waals surface area contributed by atoms with Gasteiger partial charge in [-0.1, -0.05) is 37.3 Å². The van der Waals surface area contributed by atoms with Crippen LogP contribution in [0.2, 0.25) is 6.55 Å². The standard InChI is InChI=1S/C11H20N2Si/c1-5-12-14(4,13(2)3)11-9-7-6-8-10-11/h6-10,12H,5H2,1-4H3. The van der Waals surface area contributed by atoms with Crippen LogP contribution in [0.15, 0.2) is 30.3 Å². The predicted molar refractivity (Wildman–Crippen MR) is 65.1 cm³/mol. The van der Waals surface area contributed by atoms with Crippen LogP contribution in [0.25, 0.3) is 0 Å². The van der Waals surface area contributed by atoms with Gasteiger partial charge in [0.15, 0.2) is 0 Å². The number of nitrogens with zero attached hydrogens (tertiary/aromatic N) is 1. The average molecular weight is 208 g/mol. The zero-order valence-electron chi connectivity index (χ0n) is 9.54. The van der Waals surface area contributed by atoms with Gasteiger partial charge in [0.1, 0.15) is 0 Å². The fraction of sp³-hybridized carbons (Fsp3) is 0.455. The first kappa shape index (κ1) is 11.4. The molecule has 78 valence electrons. The highest BCUT2D eigenvalue weighted by molar-refractivity contribution is 6.86. The third kappa shape index (κ3) is 2.23. The molecule has 0 saturated heterocycles. The zero-order chi connectivity index (χ0) is 10.6. The van der Waals surface area contributed by atoms with E-state index in [9.17, 15) is 0 Å². The van der Waals surface area contributed by atoms with Crippen LogP contribution in [0.5, 0.6) is 0 Å². The van der Waals surface area contributed by atoms with E-state index in [4.69, 9.17) is 0 Å². The Morgan fingerprint density at radius 3 is 2.21 bits per heavy atom. The minimum absolute atomic E-state index is 1.02. The highest BCUT2D eigenvalue weighted by Crippen LogP contribution is 2.02. The lowest BCUT2D eigenvalue weighted by atomic mass is 10.4. The molecule has 1 N–H and O–H groups in total. The zero-order valence-corrected chi connectivity index (χ0v) is 10.5. The number of hydrogen-bond acceptors (Lipinski definition) is 2.